The van der Waals surface area contributed by atoms with Crippen LogP contribution in [0.15, 0.2) is 84.2 Å². The maximum absolute atomic E-state index is 2.37. The van der Waals surface area contributed by atoms with E-state index in [0.717, 1.165) is 0 Å². The van der Waals surface area contributed by atoms with E-state index < -0.39 is 7.92 Å². The zero-order chi connectivity index (χ0) is 15.6. The second-order valence-electron chi connectivity index (χ2n) is 6.83. The fourth-order valence-corrected chi connectivity index (χ4v) is 5.84. The molecule has 0 N–H and O–H groups in total. The zero-order valence-corrected chi connectivity index (χ0v) is 14.4. The molecule has 0 heterocycles. The monoisotopic (exact) mass is 306 g/mol. The van der Waals surface area contributed by atoms with Crippen molar-refractivity contribution in [2.24, 2.45) is 11.3 Å². The predicted molar refractivity (Wildman–Crippen MR) is 99.2 cm³/mol. The Labute approximate surface area is 135 Å². The average molecular weight is 306 g/mol. The standard InChI is InChI=1S/C21H23P/c1-21(2,3)19-15-10-16-20(19)22(17-11-6-4-7-12-17)18-13-8-5-9-14-18/h4-16,19H,1-3H3. The van der Waals surface area contributed by atoms with Crippen molar-refractivity contribution in [1.82, 2.24) is 0 Å². The van der Waals surface area contributed by atoms with Crippen molar-refractivity contribution in [2.45, 2.75) is 20.8 Å². The number of hydrogen-bond donors (Lipinski definition) is 0. The first-order valence-electron chi connectivity index (χ1n) is 7.86. The molecular weight excluding hydrogens is 283 g/mol. The number of rotatable bonds is 3. The van der Waals surface area contributed by atoms with Gasteiger partial charge in [0.2, 0.25) is 0 Å². The van der Waals surface area contributed by atoms with Crippen LogP contribution in [-0.2, 0) is 0 Å². The van der Waals surface area contributed by atoms with E-state index in [2.05, 4.69) is 99.7 Å². The van der Waals surface area contributed by atoms with Crippen molar-refractivity contribution < 1.29 is 0 Å². The average Bonchev–Trinajstić information content (AvgIpc) is 2.99. The Balaban J connectivity index is 2.08. The van der Waals surface area contributed by atoms with Crippen molar-refractivity contribution in [3.63, 3.8) is 0 Å². The van der Waals surface area contributed by atoms with Crippen LogP contribution >= 0.6 is 7.92 Å². The lowest BCUT2D eigenvalue weighted by Crippen LogP contribution is -2.23. The fraction of sp³-hybridized carbons (Fsp3) is 0.238. The summed E-state index contributed by atoms with van der Waals surface area (Å²) in [4.78, 5) is 0. The van der Waals surface area contributed by atoms with Crippen LogP contribution in [-0.4, -0.2) is 0 Å². The molecule has 1 atom stereocenters. The first-order valence-corrected chi connectivity index (χ1v) is 9.20. The third-order valence-electron chi connectivity index (χ3n) is 4.11. The molecular formula is C21H23P. The molecule has 2 aromatic rings. The molecule has 0 fully saturated rings. The van der Waals surface area contributed by atoms with Gasteiger partial charge in [0.25, 0.3) is 0 Å². The fourth-order valence-electron chi connectivity index (χ4n) is 3.01. The van der Waals surface area contributed by atoms with E-state index in [0.29, 0.717) is 5.92 Å². The smallest absolute Gasteiger partial charge is 0.00804 e. The molecule has 3 rings (SSSR count). The van der Waals surface area contributed by atoms with E-state index in [1.165, 1.54) is 10.6 Å². The normalized spacial score (nSPS) is 17.8. The molecule has 1 aliphatic rings. The highest BCUT2D eigenvalue weighted by molar-refractivity contribution is 7.76. The third-order valence-corrected chi connectivity index (χ3v) is 6.68. The Kier molecular flexibility index (Phi) is 4.32. The number of benzene rings is 2. The van der Waals surface area contributed by atoms with Crippen molar-refractivity contribution in [3.05, 3.63) is 84.2 Å². The van der Waals surface area contributed by atoms with Crippen molar-refractivity contribution in [2.75, 3.05) is 0 Å². The third kappa shape index (κ3) is 3.08. The molecule has 0 saturated carbocycles. The Morgan fingerprint density at radius 1 is 0.773 bits per heavy atom. The molecule has 0 saturated heterocycles. The van der Waals surface area contributed by atoms with E-state index in [-0.39, 0.29) is 5.41 Å². The van der Waals surface area contributed by atoms with Gasteiger partial charge in [0.15, 0.2) is 0 Å². The van der Waals surface area contributed by atoms with Gasteiger partial charge in [-0.05, 0) is 29.3 Å². The Bertz CT molecular complexity index is 635. The van der Waals surface area contributed by atoms with Crippen LogP contribution in [0.2, 0.25) is 0 Å². The first kappa shape index (κ1) is 15.3. The quantitative estimate of drug-likeness (QED) is 0.681. The maximum atomic E-state index is 2.37. The minimum Gasteiger partial charge on any atom is -0.0764 e. The lowest BCUT2D eigenvalue weighted by molar-refractivity contribution is 0.342. The summed E-state index contributed by atoms with van der Waals surface area (Å²) >= 11 is 0. The highest BCUT2D eigenvalue weighted by Gasteiger charge is 2.33. The van der Waals surface area contributed by atoms with E-state index in [9.17, 15) is 0 Å². The van der Waals surface area contributed by atoms with Gasteiger partial charge >= 0.3 is 0 Å². The van der Waals surface area contributed by atoms with Gasteiger partial charge in [0.1, 0.15) is 0 Å². The highest BCUT2D eigenvalue weighted by Crippen LogP contribution is 2.53. The summed E-state index contributed by atoms with van der Waals surface area (Å²) in [7, 11) is -0.457. The highest BCUT2D eigenvalue weighted by atomic mass is 31.1. The summed E-state index contributed by atoms with van der Waals surface area (Å²) in [6.45, 7) is 7.01. The number of hydrogen-bond acceptors (Lipinski definition) is 0. The van der Waals surface area contributed by atoms with Crippen LogP contribution in [0.5, 0.6) is 0 Å². The lowest BCUT2D eigenvalue weighted by Gasteiger charge is -2.33. The summed E-state index contributed by atoms with van der Waals surface area (Å²) in [5.41, 5.74) is 0.253. The molecule has 0 aromatic heterocycles. The molecule has 2 aromatic carbocycles. The number of allylic oxidation sites excluding steroid dienone is 4. The van der Waals surface area contributed by atoms with Crippen LogP contribution in [0.3, 0.4) is 0 Å². The lowest BCUT2D eigenvalue weighted by atomic mass is 9.82. The Hall–Kier alpha value is -1.65. The van der Waals surface area contributed by atoms with Gasteiger partial charge < -0.3 is 0 Å². The molecule has 0 bridgehead atoms. The van der Waals surface area contributed by atoms with E-state index >= 15 is 0 Å². The SMILES string of the molecule is CC(C)(C)C1C=CC=C1P(c1ccccc1)c1ccccc1. The van der Waals surface area contributed by atoms with Crippen LogP contribution in [0.25, 0.3) is 0 Å². The van der Waals surface area contributed by atoms with Gasteiger partial charge in [-0.3, -0.25) is 0 Å². The zero-order valence-electron chi connectivity index (χ0n) is 13.5. The van der Waals surface area contributed by atoms with Crippen LogP contribution in [0.1, 0.15) is 20.8 Å². The summed E-state index contributed by atoms with van der Waals surface area (Å²) < 4.78 is 0. The summed E-state index contributed by atoms with van der Waals surface area (Å²) in [5, 5.41) is 4.45. The van der Waals surface area contributed by atoms with Crippen molar-refractivity contribution >= 4 is 18.5 Å². The molecule has 22 heavy (non-hydrogen) atoms. The van der Waals surface area contributed by atoms with Gasteiger partial charge in [-0.15, -0.1) is 0 Å². The molecule has 1 aliphatic carbocycles. The van der Waals surface area contributed by atoms with E-state index in [1.807, 2.05) is 0 Å². The Morgan fingerprint density at radius 3 is 1.73 bits per heavy atom. The molecule has 112 valence electrons. The summed E-state index contributed by atoms with van der Waals surface area (Å²) in [6, 6.07) is 21.9. The van der Waals surface area contributed by atoms with Gasteiger partial charge in [-0.25, -0.2) is 0 Å². The molecule has 0 radical (unpaired) electrons. The molecule has 0 aliphatic heterocycles. The molecule has 1 unspecified atom stereocenters. The molecule has 1 heteroatoms. The van der Waals surface area contributed by atoms with E-state index in [1.54, 1.807) is 5.31 Å². The van der Waals surface area contributed by atoms with Gasteiger partial charge in [0, 0.05) is 5.92 Å². The second kappa shape index (κ2) is 6.23. The maximum Gasteiger partial charge on any atom is 0.00804 e. The van der Waals surface area contributed by atoms with Crippen molar-refractivity contribution in [3.8, 4) is 0 Å². The predicted octanol–water partition coefficient (Wildman–Crippen LogP) is 5.24. The summed E-state index contributed by atoms with van der Waals surface area (Å²) in [5.74, 6) is 0.513. The Morgan fingerprint density at radius 2 is 1.27 bits per heavy atom. The summed E-state index contributed by atoms with van der Waals surface area (Å²) in [6.07, 6.45) is 6.96. The van der Waals surface area contributed by atoms with Crippen LogP contribution < -0.4 is 10.6 Å². The van der Waals surface area contributed by atoms with Gasteiger partial charge in [-0.2, -0.15) is 0 Å². The van der Waals surface area contributed by atoms with E-state index in [4.69, 9.17) is 0 Å². The molecule has 0 spiro atoms. The second-order valence-corrected chi connectivity index (χ2v) is 9.05. The first-order chi connectivity index (χ1) is 10.6. The van der Waals surface area contributed by atoms with Crippen LogP contribution in [0.4, 0.5) is 0 Å². The molecule has 0 nitrogen and oxygen atoms in total. The topological polar surface area (TPSA) is 0 Å². The minimum absolute atomic E-state index is 0.253. The van der Waals surface area contributed by atoms with Crippen LogP contribution in [0, 0.1) is 11.3 Å². The van der Waals surface area contributed by atoms with Crippen molar-refractivity contribution in [1.29, 1.82) is 0 Å². The largest absolute Gasteiger partial charge is 0.0764 e. The minimum atomic E-state index is -0.457. The van der Waals surface area contributed by atoms with Gasteiger partial charge in [-0.1, -0.05) is 99.7 Å². The molecule has 0 amide bonds. The van der Waals surface area contributed by atoms with Gasteiger partial charge in [0.05, 0.1) is 0 Å².